The summed E-state index contributed by atoms with van der Waals surface area (Å²) in [5.74, 6) is 7.02. The van der Waals surface area contributed by atoms with E-state index < -0.39 is 0 Å². The second kappa shape index (κ2) is 13.4. The molecule has 0 aromatic heterocycles. The van der Waals surface area contributed by atoms with Crippen molar-refractivity contribution in [2.75, 3.05) is 6.54 Å². The third-order valence-electron chi connectivity index (χ3n) is 14.2. The van der Waals surface area contributed by atoms with Crippen LogP contribution in [0.4, 0.5) is 0 Å². The molecule has 7 nitrogen and oxygen atoms in total. The van der Waals surface area contributed by atoms with Gasteiger partial charge in [-0.1, -0.05) is 76.2 Å². The van der Waals surface area contributed by atoms with E-state index in [4.69, 9.17) is 6.42 Å². The fourth-order valence-electron chi connectivity index (χ4n) is 11.8. The molecule has 8 heteroatoms. The minimum Gasteiger partial charge on any atom is -0.393 e. The molecule has 1 aliphatic carbocycles. The Kier molecular flexibility index (Phi) is 10.1. The fourth-order valence-corrected chi connectivity index (χ4v) is 13.1. The monoisotopic (exact) mass is 673 g/mol. The van der Waals surface area contributed by atoms with Crippen molar-refractivity contribution in [3.63, 3.8) is 0 Å². The van der Waals surface area contributed by atoms with Gasteiger partial charge in [-0.05, 0) is 73.0 Å². The lowest BCUT2D eigenvalue weighted by atomic mass is 9.76. The Morgan fingerprint density at radius 3 is 2.07 bits per heavy atom. The Bertz CT molecular complexity index is 1070. The summed E-state index contributed by atoms with van der Waals surface area (Å²) >= 11 is 4.31. The fraction of sp³-hybridized carbons (Fsp3) is 0.917. The first kappa shape index (κ1) is 33.2. The summed E-state index contributed by atoms with van der Waals surface area (Å²) in [5.41, 5.74) is 0. The van der Waals surface area contributed by atoms with E-state index in [0.717, 1.165) is 19.3 Å². The predicted octanol–water partition coefficient (Wildman–Crippen LogP) is 3.64. The maximum absolute atomic E-state index is 12.7. The molecule has 5 saturated heterocycles. The van der Waals surface area contributed by atoms with E-state index in [2.05, 4.69) is 90.0 Å². The summed E-state index contributed by atoms with van der Waals surface area (Å²) in [4.78, 5) is 13.0. The number of hydrogen-bond acceptors (Lipinski definition) is 6. The third kappa shape index (κ3) is 5.72. The first-order valence-corrected chi connectivity index (χ1v) is 19.1. The van der Waals surface area contributed by atoms with Crippen molar-refractivity contribution in [3.05, 3.63) is 0 Å². The zero-order valence-electron chi connectivity index (χ0n) is 27.9. The summed E-state index contributed by atoms with van der Waals surface area (Å²) < 4.78 is 0. The lowest BCUT2D eigenvalue weighted by molar-refractivity contribution is -0.121. The number of aliphatic hydroxyl groups is 1. The van der Waals surface area contributed by atoms with E-state index in [1.807, 2.05) is 0 Å². The summed E-state index contributed by atoms with van der Waals surface area (Å²) in [6.07, 6.45) is 12.1. The Balaban J connectivity index is 1.34. The van der Waals surface area contributed by atoms with Gasteiger partial charge in [0.05, 0.1) is 12.6 Å². The van der Waals surface area contributed by atoms with E-state index in [1.54, 1.807) is 0 Å². The van der Waals surface area contributed by atoms with Crippen molar-refractivity contribution in [3.8, 4) is 12.3 Å². The molecule has 19 atom stereocenters. The topological polar surface area (TPSA) is 97.5 Å². The van der Waals surface area contributed by atoms with Gasteiger partial charge in [0.15, 0.2) is 0 Å². The average molecular weight is 675 g/mol. The number of halogens is 1. The van der Waals surface area contributed by atoms with Crippen LogP contribution in [-0.4, -0.2) is 76.8 Å². The van der Waals surface area contributed by atoms with Crippen molar-refractivity contribution in [1.29, 1.82) is 0 Å². The number of terminal acetylenes is 1. The van der Waals surface area contributed by atoms with Gasteiger partial charge in [0, 0.05) is 65.5 Å². The molecule has 5 aliphatic heterocycles. The minimum atomic E-state index is -0.278. The van der Waals surface area contributed by atoms with E-state index >= 15 is 0 Å². The molecule has 248 valence electrons. The number of rotatable bonds is 6. The van der Waals surface area contributed by atoms with Crippen LogP contribution in [-0.2, 0) is 4.79 Å². The van der Waals surface area contributed by atoms with Crippen LogP contribution in [0.5, 0.6) is 0 Å². The highest BCUT2D eigenvalue weighted by Crippen LogP contribution is 2.51. The maximum Gasteiger partial charge on any atom is 0.220 e. The molecule has 6 rings (SSSR count). The van der Waals surface area contributed by atoms with Gasteiger partial charge in [0.2, 0.25) is 5.91 Å². The Morgan fingerprint density at radius 2 is 1.39 bits per heavy atom. The van der Waals surface area contributed by atoms with Crippen molar-refractivity contribution >= 4 is 21.8 Å². The molecule has 6 N–H and O–H groups in total. The number of alkyl halides is 1. The molecule has 0 spiro atoms. The highest BCUT2D eigenvalue weighted by Gasteiger charge is 2.59. The van der Waals surface area contributed by atoms with Crippen LogP contribution in [0.3, 0.4) is 0 Å². The van der Waals surface area contributed by atoms with Gasteiger partial charge in [-0.3, -0.25) is 4.79 Å². The van der Waals surface area contributed by atoms with E-state index in [1.165, 1.54) is 19.3 Å². The quantitative estimate of drug-likeness (QED) is 0.190. The van der Waals surface area contributed by atoms with Gasteiger partial charge in [0.1, 0.15) is 0 Å². The Labute approximate surface area is 275 Å². The Hall–Kier alpha value is -0.690. The molecule has 8 bridgehead atoms. The van der Waals surface area contributed by atoms with Gasteiger partial charge < -0.3 is 31.7 Å². The van der Waals surface area contributed by atoms with Crippen molar-refractivity contribution in [2.45, 2.75) is 146 Å². The molecule has 0 aromatic rings. The summed E-state index contributed by atoms with van der Waals surface area (Å²) in [6, 6.07) is 3.25. The summed E-state index contributed by atoms with van der Waals surface area (Å²) in [6.45, 7) is 14.8. The highest BCUT2D eigenvalue weighted by atomic mass is 79.9. The molecule has 44 heavy (non-hydrogen) atoms. The highest BCUT2D eigenvalue weighted by molar-refractivity contribution is 9.09. The van der Waals surface area contributed by atoms with Crippen LogP contribution in [0.1, 0.15) is 86.5 Å². The molecular formula is C36H60BrN5O2. The summed E-state index contributed by atoms with van der Waals surface area (Å²) in [5, 5.41) is 31.3. The molecule has 1 saturated carbocycles. The van der Waals surface area contributed by atoms with Crippen LogP contribution in [0.15, 0.2) is 0 Å². The molecule has 1 amide bonds. The van der Waals surface area contributed by atoms with Gasteiger partial charge in [-0.2, -0.15) is 0 Å². The number of aliphatic hydroxyl groups excluding tert-OH is 1. The smallest absolute Gasteiger partial charge is 0.220 e. The molecule has 6 aliphatic rings. The van der Waals surface area contributed by atoms with E-state index in [0.29, 0.717) is 96.1 Å². The Morgan fingerprint density at radius 1 is 0.795 bits per heavy atom. The molecule has 17 unspecified atom stereocenters. The normalized spacial score (nSPS) is 53.1. The number of carbonyl (C=O) groups is 1. The molecule has 0 aromatic carbocycles. The summed E-state index contributed by atoms with van der Waals surface area (Å²) in [7, 11) is 0. The van der Waals surface area contributed by atoms with Gasteiger partial charge in [0.25, 0.3) is 0 Å². The largest absolute Gasteiger partial charge is 0.393 e. The lowest BCUT2D eigenvalue weighted by Gasteiger charge is -2.33. The molecule has 5 heterocycles. The second-order valence-electron chi connectivity index (χ2n) is 15.9. The zero-order chi connectivity index (χ0) is 31.4. The number of fused-ring (bicyclic) bond motifs is 8. The lowest BCUT2D eigenvalue weighted by Crippen LogP contribution is -2.52. The van der Waals surface area contributed by atoms with Crippen LogP contribution >= 0.6 is 15.9 Å². The first-order valence-electron chi connectivity index (χ1n) is 18.2. The van der Waals surface area contributed by atoms with Crippen LogP contribution in [0, 0.1) is 65.6 Å². The zero-order valence-corrected chi connectivity index (χ0v) is 29.5. The van der Waals surface area contributed by atoms with Crippen LogP contribution in [0.2, 0.25) is 0 Å². The van der Waals surface area contributed by atoms with Gasteiger partial charge in [-0.15, -0.1) is 6.42 Å². The maximum atomic E-state index is 12.7. The standard InChI is InChI=1S/C36H60BrN5O2/c1-8-13-38-30(44)12-11-23-19(6)34-32(37)33-18(5)22(10-3)28(41-33)15-25-17(4)21(9-2)27(39-25)16-26-20(7)31-29(43)14-24(35(23)42-34)36(31)40-26/h1,17-29,31-36,39-43H,9-16H2,2-7H3,(H,38,44)/t17?,18?,19-,20?,21?,22?,23-,24?,25?,26?,27?,28?,29?,31?,32?,33?,34?,35?,36?/m0/s1. The van der Waals surface area contributed by atoms with Crippen molar-refractivity contribution in [1.82, 2.24) is 26.6 Å². The predicted molar refractivity (Wildman–Crippen MR) is 181 cm³/mol. The van der Waals surface area contributed by atoms with Gasteiger partial charge in [-0.25, -0.2) is 0 Å². The number of nitrogens with one attached hydrogen (secondary N) is 5. The molecular weight excluding hydrogens is 614 g/mol. The number of hydrogen-bond donors (Lipinski definition) is 6. The van der Waals surface area contributed by atoms with Gasteiger partial charge >= 0.3 is 0 Å². The van der Waals surface area contributed by atoms with Crippen molar-refractivity contribution < 1.29 is 9.90 Å². The van der Waals surface area contributed by atoms with Crippen LogP contribution < -0.4 is 26.6 Å². The molecule has 6 fully saturated rings. The average Bonchev–Trinajstić information content (AvgIpc) is 3.76. The van der Waals surface area contributed by atoms with Crippen molar-refractivity contribution in [2.24, 2.45) is 53.3 Å². The molecule has 0 radical (unpaired) electrons. The minimum absolute atomic E-state index is 0.0464. The SMILES string of the molecule is C#CCNC(=O)CC[C@@H]1C2NC(C(Br)C3NC(CC4NC(CC5NC6C2CC(O)C6C5C)C(CC)C4C)C(CC)C3C)[C@H]1C. The third-order valence-corrected chi connectivity index (χ3v) is 15.3. The first-order chi connectivity index (χ1) is 21.1. The number of amides is 1. The van der Waals surface area contributed by atoms with Crippen LogP contribution in [0.25, 0.3) is 0 Å². The second-order valence-corrected chi connectivity index (χ2v) is 17.0. The van der Waals surface area contributed by atoms with E-state index in [9.17, 15) is 9.90 Å². The van der Waals surface area contributed by atoms with E-state index in [-0.39, 0.29) is 35.3 Å². The number of carbonyl (C=O) groups excluding carboxylic acids is 1.